The Labute approximate surface area is 161 Å². The van der Waals surface area contributed by atoms with Crippen LogP contribution in [0, 0.1) is 11.6 Å². The monoisotopic (exact) mass is 384 g/mol. The third kappa shape index (κ3) is 3.51. The number of aromatic amines is 1. The summed E-state index contributed by atoms with van der Waals surface area (Å²) in [5.41, 5.74) is 2.29. The SMILES string of the molecule is O=C(c1cc2c([nH]c1=O)CCCCC2)N1CC=C(c2c(F)cccc2F)CC1. The van der Waals surface area contributed by atoms with E-state index in [-0.39, 0.29) is 29.1 Å². The van der Waals surface area contributed by atoms with Gasteiger partial charge < -0.3 is 9.88 Å². The van der Waals surface area contributed by atoms with Gasteiger partial charge in [0.1, 0.15) is 17.2 Å². The number of rotatable bonds is 2. The standard InChI is InChI=1S/C22H22F2N2O2/c23-17-6-4-7-18(24)20(17)14-9-11-26(12-10-14)22(28)16-13-15-5-2-1-3-8-19(15)25-21(16)27/h4,6-7,9,13H,1-3,5,8,10-12H2,(H,25,27). The highest BCUT2D eigenvalue weighted by Gasteiger charge is 2.25. The number of amides is 1. The first-order valence-electron chi connectivity index (χ1n) is 9.72. The molecular formula is C22H22F2N2O2. The maximum absolute atomic E-state index is 14.0. The molecule has 2 aliphatic rings. The Kier molecular flexibility index (Phi) is 5.11. The summed E-state index contributed by atoms with van der Waals surface area (Å²) in [5, 5.41) is 0. The Morgan fingerprint density at radius 1 is 1.04 bits per heavy atom. The van der Waals surface area contributed by atoms with Gasteiger partial charge in [0.25, 0.3) is 11.5 Å². The molecule has 1 N–H and O–H groups in total. The molecule has 4 rings (SSSR count). The third-order valence-corrected chi connectivity index (χ3v) is 5.60. The van der Waals surface area contributed by atoms with Crippen molar-refractivity contribution in [1.29, 1.82) is 0 Å². The molecule has 0 radical (unpaired) electrons. The summed E-state index contributed by atoms with van der Waals surface area (Å²) in [6, 6.07) is 5.52. The number of hydrogen-bond donors (Lipinski definition) is 1. The predicted octanol–water partition coefficient (Wildman–Crippen LogP) is 3.85. The molecule has 0 saturated carbocycles. The minimum absolute atomic E-state index is 0.0301. The minimum atomic E-state index is -0.603. The van der Waals surface area contributed by atoms with E-state index in [0.717, 1.165) is 43.4 Å². The number of halogens is 2. The molecule has 28 heavy (non-hydrogen) atoms. The van der Waals surface area contributed by atoms with E-state index < -0.39 is 11.6 Å². The summed E-state index contributed by atoms with van der Waals surface area (Å²) in [5.74, 6) is -1.54. The first-order valence-corrected chi connectivity index (χ1v) is 9.72. The molecule has 0 saturated heterocycles. The van der Waals surface area contributed by atoms with Gasteiger partial charge in [-0.25, -0.2) is 8.78 Å². The van der Waals surface area contributed by atoms with Crippen LogP contribution < -0.4 is 5.56 Å². The number of benzene rings is 1. The van der Waals surface area contributed by atoms with Gasteiger partial charge in [0.2, 0.25) is 0 Å². The molecule has 1 amide bonds. The number of nitrogens with zero attached hydrogens (tertiary/aromatic N) is 1. The smallest absolute Gasteiger partial charge is 0.261 e. The molecule has 1 aliphatic heterocycles. The number of aromatic nitrogens is 1. The van der Waals surface area contributed by atoms with E-state index in [1.54, 1.807) is 17.0 Å². The van der Waals surface area contributed by atoms with E-state index in [1.165, 1.54) is 18.2 Å². The number of aryl methyl sites for hydroxylation is 2. The van der Waals surface area contributed by atoms with Crippen molar-refractivity contribution in [1.82, 2.24) is 9.88 Å². The number of carbonyl (C=O) groups excluding carboxylic acids is 1. The van der Waals surface area contributed by atoms with Gasteiger partial charge in [0, 0.05) is 24.3 Å². The second kappa shape index (κ2) is 7.70. The third-order valence-electron chi connectivity index (χ3n) is 5.60. The summed E-state index contributed by atoms with van der Waals surface area (Å²) >= 11 is 0. The largest absolute Gasteiger partial charge is 0.334 e. The van der Waals surface area contributed by atoms with Crippen LogP contribution in [-0.4, -0.2) is 28.9 Å². The van der Waals surface area contributed by atoms with E-state index in [4.69, 9.17) is 0 Å². The molecule has 146 valence electrons. The highest BCUT2D eigenvalue weighted by atomic mass is 19.1. The zero-order valence-electron chi connectivity index (χ0n) is 15.6. The molecule has 0 atom stereocenters. The molecule has 1 aromatic heterocycles. The summed E-state index contributed by atoms with van der Waals surface area (Å²) in [6.45, 7) is 0.535. The molecule has 2 heterocycles. The Morgan fingerprint density at radius 3 is 2.50 bits per heavy atom. The maximum Gasteiger partial charge on any atom is 0.261 e. The zero-order chi connectivity index (χ0) is 19.7. The Balaban J connectivity index is 1.57. The summed E-state index contributed by atoms with van der Waals surface area (Å²) in [7, 11) is 0. The van der Waals surface area contributed by atoms with Gasteiger partial charge in [-0.05, 0) is 61.4 Å². The predicted molar refractivity (Wildman–Crippen MR) is 103 cm³/mol. The fourth-order valence-electron chi connectivity index (χ4n) is 4.07. The van der Waals surface area contributed by atoms with Crippen molar-refractivity contribution in [3.63, 3.8) is 0 Å². The number of hydrogen-bond acceptors (Lipinski definition) is 2. The van der Waals surface area contributed by atoms with Crippen molar-refractivity contribution in [2.24, 2.45) is 0 Å². The highest BCUT2D eigenvalue weighted by Crippen LogP contribution is 2.27. The van der Waals surface area contributed by atoms with Gasteiger partial charge in [-0.3, -0.25) is 9.59 Å². The first-order chi connectivity index (χ1) is 13.5. The number of fused-ring (bicyclic) bond motifs is 1. The fraction of sp³-hybridized carbons (Fsp3) is 0.364. The Morgan fingerprint density at radius 2 is 1.79 bits per heavy atom. The van der Waals surface area contributed by atoms with Crippen LogP contribution >= 0.6 is 0 Å². The van der Waals surface area contributed by atoms with Crippen molar-refractivity contribution in [2.45, 2.75) is 38.5 Å². The van der Waals surface area contributed by atoms with Crippen LogP contribution in [0.2, 0.25) is 0 Å². The molecule has 0 fully saturated rings. The lowest BCUT2D eigenvalue weighted by Crippen LogP contribution is -2.38. The molecule has 2 aromatic rings. The fourth-order valence-corrected chi connectivity index (χ4v) is 4.07. The number of pyridine rings is 1. The van der Waals surface area contributed by atoms with Gasteiger partial charge in [0.05, 0.1) is 0 Å². The topological polar surface area (TPSA) is 53.2 Å². The molecule has 1 aromatic carbocycles. The van der Waals surface area contributed by atoms with E-state index in [1.807, 2.05) is 0 Å². The van der Waals surface area contributed by atoms with E-state index >= 15 is 0 Å². The van der Waals surface area contributed by atoms with Crippen molar-refractivity contribution < 1.29 is 13.6 Å². The van der Waals surface area contributed by atoms with Gasteiger partial charge in [-0.2, -0.15) is 0 Å². The molecule has 6 heteroatoms. The van der Waals surface area contributed by atoms with Crippen LogP contribution in [0.5, 0.6) is 0 Å². The summed E-state index contributed by atoms with van der Waals surface area (Å²) in [4.78, 5) is 29.8. The second-order valence-corrected chi connectivity index (χ2v) is 7.40. The average molecular weight is 384 g/mol. The van der Waals surface area contributed by atoms with Crippen LogP contribution in [0.15, 0.2) is 35.1 Å². The lowest BCUT2D eigenvalue weighted by Gasteiger charge is -2.27. The van der Waals surface area contributed by atoms with Crippen molar-refractivity contribution in [3.05, 3.63) is 74.7 Å². The number of H-pyrrole nitrogens is 1. The van der Waals surface area contributed by atoms with E-state index in [9.17, 15) is 18.4 Å². The quantitative estimate of drug-likeness (QED) is 0.800. The average Bonchev–Trinajstić information content (AvgIpc) is 2.92. The molecule has 0 bridgehead atoms. The minimum Gasteiger partial charge on any atom is -0.334 e. The van der Waals surface area contributed by atoms with Crippen LogP contribution in [0.3, 0.4) is 0 Å². The van der Waals surface area contributed by atoms with Crippen molar-refractivity contribution in [2.75, 3.05) is 13.1 Å². The molecule has 1 aliphatic carbocycles. The van der Waals surface area contributed by atoms with Gasteiger partial charge in [0.15, 0.2) is 0 Å². The van der Waals surface area contributed by atoms with Crippen LogP contribution in [0.25, 0.3) is 5.57 Å². The Bertz CT molecular complexity index is 990. The number of nitrogens with one attached hydrogen (secondary N) is 1. The number of carbonyl (C=O) groups is 1. The van der Waals surface area contributed by atoms with Crippen molar-refractivity contribution >= 4 is 11.5 Å². The lowest BCUT2D eigenvalue weighted by molar-refractivity contribution is 0.0771. The molecular weight excluding hydrogens is 362 g/mol. The van der Waals surface area contributed by atoms with E-state index in [2.05, 4.69) is 4.98 Å². The summed E-state index contributed by atoms with van der Waals surface area (Å²) < 4.78 is 28.0. The summed E-state index contributed by atoms with van der Waals surface area (Å²) in [6.07, 6.45) is 6.92. The first kappa shape index (κ1) is 18.6. The molecule has 4 nitrogen and oxygen atoms in total. The molecule has 0 unspecified atom stereocenters. The van der Waals surface area contributed by atoms with Crippen LogP contribution in [-0.2, 0) is 12.8 Å². The molecule has 0 spiro atoms. The van der Waals surface area contributed by atoms with Crippen molar-refractivity contribution in [3.8, 4) is 0 Å². The van der Waals surface area contributed by atoms with Crippen LogP contribution in [0.4, 0.5) is 8.78 Å². The van der Waals surface area contributed by atoms with Gasteiger partial charge in [-0.1, -0.05) is 18.6 Å². The lowest BCUT2D eigenvalue weighted by atomic mass is 9.98. The normalized spacial score (nSPS) is 16.9. The Hall–Kier alpha value is -2.76. The second-order valence-electron chi connectivity index (χ2n) is 7.40. The van der Waals surface area contributed by atoms with Gasteiger partial charge >= 0.3 is 0 Å². The van der Waals surface area contributed by atoms with Gasteiger partial charge in [-0.15, -0.1) is 0 Å². The van der Waals surface area contributed by atoms with Crippen LogP contribution in [0.1, 0.15) is 52.9 Å². The maximum atomic E-state index is 14.0. The zero-order valence-corrected chi connectivity index (χ0v) is 15.6. The van der Waals surface area contributed by atoms with E-state index in [0.29, 0.717) is 18.5 Å². The highest BCUT2D eigenvalue weighted by molar-refractivity contribution is 5.94.